The summed E-state index contributed by atoms with van der Waals surface area (Å²) in [5, 5.41) is 17.8. The lowest BCUT2D eigenvalue weighted by Crippen LogP contribution is -2.39. The van der Waals surface area contributed by atoms with E-state index in [4.69, 9.17) is 10.4 Å². The molecule has 0 aliphatic carbocycles. The van der Waals surface area contributed by atoms with E-state index in [1.807, 2.05) is 6.07 Å². The fraction of sp³-hybridized carbons (Fsp3) is 0.400. The molecule has 0 aromatic heterocycles. The van der Waals surface area contributed by atoms with E-state index in [0.717, 1.165) is 5.56 Å². The summed E-state index contributed by atoms with van der Waals surface area (Å²) in [6.45, 7) is 1.12. The zero-order chi connectivity index (χ0) is 15.4. The summed E-state index contributed by atoms with van der Waals surface area (Å²) in [5.74, 6) is -1.32. The number of rotatable bonds is 3. The molecule has 2 rings (SSSR count). The summed E-state index contributed by atoms with van der Waals surface area (Å²) in [4.78, 5) is 26.3. The van der Waals surface area contributed by atoms with Crippen molar-refractivity contribution in [3.63, 3.8) is 0 Å². The third kappa shape index (κ3) is 3.51. The number of carboxylic acids is 1. The summed E-state index contributed by atoms with van der Waals surface area (Å²) in [6, 6.07) is 8.98. The van der Waals surface area contributed by atoms with Crippen molar-refractivity contribution in [1.82, 2.24) is 9.80 Å². The molecule has 1 aromatic rings. The van der Waals surface area contributed by atoms with E-state index in [-0.39, 0.29) is 12.6 Å². The number of amides is 2. The number of benzene rings is 1. The first-order chi connectivity index (χ1) is 10.0. The van der Waals surface area contributed by atoms with Crippen molar-refractivity contribution in [1.29, 1.82) is 5.26 Å². The Kier molecular flexibility index (Phi) is 4.43. The summed E-state index contributed by atoms with van der Waals surface area (Å²) < 4.78 is 0. The van der Waals surface area contributed by atoms with Gasteiger partial charge in [-0.1, -0.05) is 12.1 Å². The molecule has 1 unspecified atom stereocenters. The van der Waals surface area contributed by atoms with Crippen LogP contribution in [0.1, 0.15) is 17.5 Å². The average Bonchev–Trinajstić information content (AvgIpc) is 2.96. The van der Waals surface area contributed by atoms with E-state index in [2.05, 4.69) is 6.07 Å². The molecule has 1 aromatic carbocycles. The SMILES string of the molecule is CN(Cc1cccc(C#N)c1)C(=O)N1CCC(C(=O)O)C1. The Bertz CT molecular complexity index is 594. The molecule has 21 heavy (non-hydrogen) atoms. The second-order valence-electron chi connectivity index (χ2n) is 5.22. The molecule has 6 heteroatoms. The number of hydrogen-bond donors (Lipinski definition) is 1. The number of nitrogens with zero attached hydrogens (tertiary/aromatic N) is 3. The minimum Gasteiger partial charge on any atom is -0.481 e. The standard InChI is InChI=1S/C15H17N3O3/c1-17(9-12-4-2-3-11(7-12)8-16)15(21)18-6-5-13(10-18)14(19)20/h2-4,7,13H,5-6,9-10H2,1H3,(H,19,20). The molecule has 0 saturated carbocycles. The smallest absolute Gasteiger partial charge is 0.320 e. The number of carboxylic acid groups (broad SMARTS) is 1. The Balaban J connectivity index is 1.97. The first-order valence-corrected chi connectivity index (χ1v) is 6.73. The normalized spacial score (nSPS) is 17.3. The number of likely N-dealkylation sites (tertiary alicyclic amines) is 1. The predicted molar refractivity (Wildman–Crippen MR) is 75.3 cm³/mol. The van der Waals surface area contributed by atoms with Gasteiger partial charge in [0.05, 0.1) is 17.6 Å². The van der Waals surface area contributed by atoms with Crippen molar-refractivity contribution in [2.45, 2.75) is 13.0 Å². The molecule has 1 heterocycles. The molecule has 1 aliphatic rings. The quantitative estimate of drug-likeness (QED) is 0.913. The third-order valence-electron chi connectivity index (χ3n) is 3.61. The van der Waals surface area contributed by atoms with Crippen LogP contribution in [-0.2, 0) is 11.3 Å². The highest BCUT2D eigenvalue weighted by molar-refractivity contribution is 5.77. The average molecular weight is 287 g/mol. The molecule has 0 bridgehead atoms. The highest BCUT2D eigenvalue weighted by atomic mass is 16.4. The van der Waals surface area contributed by atoms with Gasteiger partial charge in [0.2, 0.25) is 0 Å². The van der Waals surface area contributed by atoms with Gasteiger partial charge in [-0.15, -0.1) is 0 Å². The number of carbonyl (C=O) groups excluding carboxylic acids is 1. The van der Waals surface area contributed by atoms with E-state index >= 15 is 0 Å². The summed E-state index contributed by atoms with van der Waals surface area (Å²) in [6.07, 6.45) is 0.499. The molecule has 0 spiro atoms. The second kappa shape index (κ2) is 6.27. The molecular weight excluding hydrogens is 270 g/mol. The number of aliphatic carboxylic acids is 1. The molecule has 6 nitrogen and oxygen atoms in total. The first-order valence-electron chi connectivity index (χ1n) is 6.73. The minimum absolute atomic E-state index is 0.180. The van der Waals surface area contributed by atoms with Crippen LogP contribution in [0, 0.1) is 17.2 Å². The van der Waals surface area contributed by atoms with Crippen LogP contribution in [-0.4, -0.2) is 47.0 Å². The Morgan fingerprint density at radius 1 is 1.52 bits per heavy atom. The zero-order valence-corrected chi connectivity index (χ0v) is 11.8. The highest BCUT2D eigenvalue weighted by Crippen LogP contribution is 2.18. The van der Waals surface area contributed by atoms with Crippen molar-refractivity contribution < 1.29 is 14.7 Å². The van der Waals surface area contributed by atoms with Crippen LogP contribution >= 0.6 is 0 Å². The lowest BCUT2D eigenvalue weighted by Gasteiger charge is -2.24. The minimum atomic E-state index is -0.852. The fourth-order valence-electron chi connectivity index (χ4n) is 2.46. The van der Waals surface area contributed by atoms with Gasteiger partial charge >= 0.3 is 12.0 Å². The molecule has 1 atom stereocenters. The van der Waals surface area contributed by atoms with Crippen LogP contribution in [0.3, 0.4) is 0 Å². The van der Waals surface area contributed by atoms with Gasteiger partial charge in [-0.05, 0) is 24.1 Å². The van der Waals surface area contributed by atoms with Gasteiger partial charge in [0.25, 0.3) is 0 Å². The highest BCUT2D eigenvalue weighted by Gasteiger charge is 2.32. The van der Waals surface area contributed by atoms with Gasteiger partial charge in [0.15, 0.2) is 0 Å². The van der Waals surface area contributed by atoms with Crippen molar-refractivity contribution >= 4 is 12.0 Å². The Morgan fingerprint density at radius 2 is 2.29 bits per heavy atom. The van der Waals surface area contributed by atoms with Crippen molar-refractivity contribution in [3.8, 4) is 6.07 Å². The van der Waals surface area contributed by atoms with Gasteiger partial charge in [0, 0.05) is 26.7 Å². The maximum Gasteiger partial charge on any atom is 0.320 e. The number of urea groups is 1. The number of carbonyl (C=O) groups is 2. The van der Waals surface area contributed by atoms with Gasteiger partial charge in [-0.25, -0.2) is 4.79 Å². The molecule has 1 N–H and O–H groups in total. The van der Waals surface area contributed by atoms with Crippen LogP contribution < -0.4 is 0 Å². The molecule has 110 valence electrons. The predicted octanol–water partition coefficient (Wildman–Crippen LogP) is 1.52. The fourth-order valence-corrected chi connectivity index (χ4v) is 2.46. The van der Waals surface area contributed by atoms with Gasteiger partial charge in [0.1, 0.15) is 0 Å². The Labute approximate surface area is 123 Å². The molecule has 1 fully saturated rings. The Morgan fingerprint density at radius 3 is 2.90 bits per heavy atom. The van der Waals surface area contributed by atoms with Crippen LogP contribution in [0.25, 0.3) is 0 Å². The molecule has 1 aliphatic heterocycles. The van der Waals surface area contributed by atoms with Crippen molar-refractivity contribution in [2.24, 2.45) is 5.92 Å². The van der Waals surface area contributed by atoms with E-state index in [1.54, 1.807) is 35.0 Å². The summed E-state index contributed by atoms with van der Waals surface area (Å²) in [5.41, 5.74) is 1.43. The van der Waals surface area contributed by atoms with Crippen molar-refractivity contribution in [3.05, 3.63) is 35.4 Å². The van der Waals surface area contributed by atoms with E-state index in [9.17, 15) is 9.59 Å². The van der Waals surface area contributed by atoms with E-state index in [1.165, 1.54) is 0 Å². The van der Waals surface area contributed by atoms with Crippen LogP contribution in [0.5, 0.6) is 0 Å². The van der Waals surface area contributed by atoms with E-state index < -0.39 is 11.9 Å². The van der Waals surface area contributed by atoms with E-state index in [0.29, 0.717) is 25.1 Å². The lowest BCUT2D eigenvalue weighted by atomic mass is 10.1. The number of hydrogen-bond acceptors (Lipinski definition) is 3. The summed E-state index contributed by atoms with van der Waals surface area (Å²) >= 11 is 0. The molecule has 1 saturated heterocycles. The zero-order valence-electron chi connectivity index (χ0n) is 11.8. The van der Waals surface area contributed by atoms with Gasteiger partial charge in [-0.3, -0.25) is 4.79 Å². The second-order valence-corrected chi connectivity index (χ2v) is 5.22. The monoisotopic (exact) mass is 287 g/mol. The maximum absolute atomic E-state index is 12.3. The lowest BCUT2D eigenvalue weighted by molar-refractivity contribution is -0.141. The van der Waals surface area contributed by atoms with Gasteiger partial charge in [-0.2, -0.15) is 5.26 Å². The van der Waals surface area contributed by atoms with Crippen LogP contribution in [0.2, 0.25) is 0 Å². The molecular formula is C15H17N3O3. The molecule has 0 radical (unpaired) electrons. The topological polar surface area (TPSA) is 84.6 Å². The number of nitriles is 1. The summed E-state index contributed by atoms with van der Waals surface area (Å²) in [7, 11) is 1.68. The van der Waals surface area contributed by atoms with Crippen molar-refractivity contribution in [2.75, 3.05) is 20.1 Å². The van der Waals surface area contributed by atoms with Crippen LogP contribution in [0.15, 0.2) is 24.3 Å². The Hall–Kier alpha value is -2.55. The first kappa shape index (κ1) is 14.9. The van der Waals surface area contributed by atoms with Crippen LogP contribution in [0.4, 0.5) is 4.79 Å². The third-order valence-corrected chi connectivity index (χ3v) is 3.61. The molecule has 2 amide bonds. The van der Waals surface area contributed by atoms with Gasteiger partial charge < -0.3 is 14.9 Å². The largest absolute Gasteiger partial charge is 0.481 e. The maximum atomic E-state index is 12.3.